The summed E-state index contributed by atoms with van der Waals surface area (Å²) in [6, 6.07) is 1.83. The van der Waals surface area contributed by atoms with Crippen molar-refractivity contribution in [3.8, 4) is 0 Å². The minimum atomic E-state index is -0.371. The standard InChI is InChI=1S/C11H17N3O2S/c1-14(2)6-8(11(15)16-3)9-5-10(17-4)13-7-12-9/h5,7-8H,6H2,1-4H3. The molecule has 0 amide bonds. The molecule has 0 aliphatic rings. The summed E-state index contributed by atoms with van der Waals surface area (Å²) < 4.78 is 4.81. The lowest BCUT2D eigenvalue weighted by atomic mass is 10.1. The summed E-state index contributed by atoms with van der Waals surface area (Å²) in [6.45, 7) is 0.567. The van der Waals surface area contributed by atoms with Crippen LogP contribution in [-0.2, 0) is 9.53 Å². The van der Waals surface area contributed by atoms with Crippen LogP contribution in [0.3, 0.4) is 0 Å². The summed E-state index contributed by atoms with van der Waals surface area (Å²) >= 11 is 1.52. The molecule has 1 heterocycles. The van der Waals surface area contributed by atoms with Crippen molar-refractivity contribution in [2.75, 3.05) is 34.0 Å². The highest BCUT2D eigenvalue weighted by Crippen LogP contribution is 2.19. The molecule has 0 radical (unpaired) electrons. The van der Waals surface area contributed by atoms with E-state index in [1.54, 1.807) is 0 Å². The predicted molar refractivity (Wildman–Crippen MR) is 67.1 cm³/mol. The smallest absolute Gasteiger partial charge is 0.316 e. The Labute approximate surface area is 106 Å². The first kappa shape index (κ1) is 13.9. The van der Waals surface area contributed by atoms with Crippen LogP contribution in [0.1, 0.15) is 11.6 Å². The molecule has 0 fully saturated rings. The summed E-state index contributed by atoms with van der Waals surface area (Å²) in [7, 11) is 5.21. The lowest BCUT2D eigenvalue weighted by Crippen LogP contribution is -2.27. The number of methoxy groups -OCH3 is 1. The van der Waals surface area contributed by atoms with E-state index < -0.39 is 0 Å². The Morgan fingerprint density at radius 1 is 1.53 bits per heavy atom. The van der Waals surface area contributed by atoms with E-state index in [2.05, 4.69) is 9.97 Å². The Morgan fingerprint density at radius 2 is 2.24 bits per heavy atom. The molecule has 0 bridgehead atoms. The molecule has 0 N–H and O–H groups in total. The molecule has 94 valence electrons. The van der Waals surface area contributed by atoms with E-state index in [0.717, 1.165) is 5.03 Å². The van der Waals surface area contributed by atoms with Crippen molar-refractivity contribution in [1.82, 2.24) is 14.9 Å². The Kier molecular flexibility index (Phi) is 5.37. The molecule has 1 rings (SSSR count). The summed E-state index contributed by atoms with van der Waals surface area (Å²) in [6.07, 6.45) is 3.41. The molecule has 0 aliphatic heterocycles. The zero-order valence-electron chi connectivity index (χ0n) is 10.5. The maximum atomic E-state index is 11.7. The number of ether oxygens (including phenoxy) is 1. The first-order chi connectivity index (χ1) is 8.08. The van der Waals surface area contributed by atoms with Gasteiger partial charge in [0.25, 0.3) is 0 Å². The molecule has 0 saturated carbocycles. The van der Waals surface area contributed by atoms with E-state index >= 15 is 0 Å². The van der Waals surface area contributed by atoms with Gasteiger partial charge in [0.1, 0.15) is 12.2 Å². The number of rotatable bonds is 5. The molecular formula is C11H17N3O2S. The summed E-state index contributed by atoms with van der Waals surface area (Å²) in [5.41, 5.74) is 0.699. The third-order valence-corrected chi connectivity index (χ3v) is 2.90. The first-order valence-corrected chi connectivity index (χ1v) is 6.39. The van der Waals surface area contributed by atoms with Gasteiger partial charge in [-0.05, 0) is 26.4 Å². The third-order valence-electron chi connectivity index (χ3n) is 2.26. The summed E-state index contributed by atoms with van der Waals surface area (Å²) in [4.78, 5) is 21.9. The van der Waals surface area contributed by atoms with E-state index in [4.69, 9.17) is 4.74 Å². The van der Waals surface area contributed by atoms with Gasteiger partial charge in [0, 0.05) is 6.54 Å². The molecule has 0 saturated heterocycles. The van der Waals surface area contributed by atoms with Crippen LogP contribution in [0, 0.1) is 0 Å². The highest BCUT2D eigenvalue weighted by atomic mass is 32.2. The monoisotopic (exact) mass is 255 g/mol. The van der Waals surface area contributed by atoms with Crippen molar-refractivity contribution >= 4 is 17.7 Å². The van der Waals surface area contributed by atoms with Gasteiger partial charge in [-0.25, -0.2) is 9.97 Å². The van der Waals surface area contributed by atoms with E-state index in [9.17, 15) is 4.79 Å². The Balaban J connectivity index is 2.98. The Morgan fingerprint density at radius 3 is 2.76 bits per heavy atom. The van der Waals surface area contributed by atoms with E-state index in [-0.39, 0.29) is 11.9 Å². The lowest BCUT2D eigenvalue weighted by molar-refractivity contribution is -0.142. The van der Waals surface area contributed by atoms with Gasteiger partial charge < -0.3 is 9.64 Å². The summed E-state index contributed by atoms with van der Waals surface area (Å²) in [5, 5.41) is 0.850. The molecule has 0 spiro atoms. The van der Waals surface area contributed by atoms with Crippen molar-refractivity contribution in [3.63, 3.8) is 0 Å². The summed E-state index contributed by atoms with van der Waals surface area (Å²) in [5.74, 6) is -0.645. The van der Waals surface area contributed by atoms with Crippen molar-refractivity contribution in [2.24, 2.45) is 0 Å². The van der Waals surface area contributed by atoms with Crippen molar-refractivity contribution < 1.29 is 9.53 Å². The largest absolute Gasteiger partial charge is 0.468 e. The highest BCUT2D eigenvalue weighted by molar-refractivity contribution is 7.98. The Hall–Kier alpha value is -1.14. The quantitative estimate of drug-likeness (QED) is 0.445. The first-order valence-electron chi connectivity index (χ1n) is 5.17. The number of carbonyl (C=O) groups is 1. The van der Waals surface area contributed by atoms with Crippen LogP contribution in [0.2, 0.25) is 0 Å². The number of hydrogen-bond donors (Lipinski definition) is 0. The van der Waals surface area contributed by atoms with Crippen molar-refractivity contribution in [2.45, 2.75) is 10.9 Å². The van der Waals surface area contributed by atoms with Gasteiger partial charge in [-0.3, -0.25) is 4.79 Å². The normalized spacial score (nSPS) is 12.5. The van der Waals surface area contributed by atoms with E-state index in [1.165, 1.54) is 25.2 Å². The molecule has 1 atom stereocenters. The number of carbonyl (C=O) groups excluding carboxylic acids is 1. The van der Waals surface area contributed by atoms with Crippen LogP contribution in [0.4, 0.5) is 0 Å². The maximum absolute atomic E-state index is 11.7. The molecule has 6 heteroatoms. The maximum Gasteiger partial charge on any atom is 0.316 e. The van der Waals surface area contributed by atoms with Gasteiger partial charge in [0.05, 0.1) is 17.8 Å². The zero-order valence-corrected chi connectivity index (χ0v) is 11.3. The van der Waals surface area contributed by atoms with Gasteiger partial charge in [-0.15, -0.1) is 11.8 Å². The predicted octanol–water partition coefficient (Wildman–Crippen LogP) is 1.02. The topological polar surface area (TPSA) is 55.3 Å². The van der Waals surface area contributed by atoms with Crippen LogP contribution in [0.15, 0.2) is 17.4 Å². The molecule has 1 aromatic rings. The van der Waals surface area contributed by atoms with Crippen molar-refractivity contribution in [1.29, 1.82) is 0 Å². The van der Waals surface area contributed by atoms with E-state index in [1.807, 2.05) is 31.3 Å². The van der Waals surface area contributed by atoms with Crippen LogP contribution < -0.4 is 0 Å². The fraction of sp³-hybridized carbons (Fsp3) is 0.545. The number of hydrogen-bond acceptors (Lipinski definition) is 6. The second kappa shape index (κ2) is 6.56. The minimum Gasteiger partial charge on any atom is -0.468 e. The molecule has 0 aromatic carbocycles. The Bertz CT molecular complexity index is 385. The van der Waals surface area contributed by atoms with Crippen LogP contribution in [0.5, 0.6) is 0 Å². The van der Waals surface area contributed by atoms with Crippen molar-refractivity contribution in [3.05, 3.63) is 18.1 Å². The third kappa shape index (κ3) is 3.98. The second-order valence-electron chi connectivity index (χ2n) is 3.82. The van der Waals surface area contributed by atoms with Gasteiger partial charge in [0.2, 0.25) is 0 Å². The van der Waals surface area contributed by atoms with Gasteiger partial charge in [0.15, 0.2) is 0 Å². The van der Waals surface area contributed by atoms with Crippen LogP contribution in [0.25, 0.3) is 0 Å². The molecule has 0 aliphatic carbocycles. The molecule has 1 aromatic heterocycles. The van der Waals surface area contributed by atoms with Gasteiger partial charge >= 0.3 is 5.97 Å². The molecule has 5 nitrogen and oxygen atoms in total. The molecule has 1 unspecified atom stereocenters. The van der Waals surface area contributed by atoms with Gasteiger partial charge in [-0.1, -0.05) is 0 Å². The molecular weight excluding hydrogens is 238 g/mol. The number of likely N-dealkylation sites (N-methyl/N-ethyl adjacent to an activating group) is 1. The fourth-order valence-corrected chi connectivity index (χ4v) is 1.84. The lowest BCUT2D eigenvalue weighted by Gasteiger charge is -2.18. The minimum absolute atomic E-state index is 0.274. The number of thioether (sulfide) groups is 1. The number of esters is 1. The fourth-order valence-electron chi connectivity index (χ4n) is 1.45. The number of nitrogens with zero attached hydrogens (tertiary/aromatic N) is 3. The SMILES string of the molecule is COC(=O)C(CN(C)C)c1cc(SC)ncn1. The van der Waals surface area contributed by atoms with Gasteiger partial charge in [-0.2, -0.15) is 0 Å². The van der Waals surface area contributed by atoms with Crippen LogP contribution in [-0.4, -0.2) is 54.8 Å². The zero-order chi connectivity index (χ0) is 12.8. The van der Waals surface area contributed by atoms with Crippen LogP contribution >= 0.6 is 11.8 Å². The highest BCUT2D eigenvalue weighted by Gasteiger charge is 2.24. The number of aromatic nitrogens is 2. The average molecular weight is 255 g/mol. The second-order valence-corrected chi connectivity index (χ2v) is 4.65. The molecule has 17 heavy (non-hydrogen) atoms. The average Bonchev–Trinajstić information content (AvgIpc) is 2.35. The van der Waals surface area contributed by atoms with E-state index in [0.29, 0.717) is 12.2 Å².